The first-order chi connectivity index (χ1) is 6.46. The highest BCUT2D eigenvalue weighted by Crippen LogP contribution is 2.37. The maximum absolute atomic E-state index is 11.8. The number of hydrogen-bond acceptors (Lipinski definition) is 2. The lowest BCUT2D eigenvalue weighted by Crippen LogP contribution is -2.44. The molecule has 80 valence electrons. The van der Waals surface area contributed by atoms with E-state index in [2.05, 4.69) is 5.32 Å². The minimum Gasteiger partial charge on any atom is -0.346 e. The summed E-state index contributed by atoms with van der Waals surface area (Å²) in [7, 11) is 0. The highest BCUT2D eigenvalue weighted by molar-refractivity contribution is 5.89. The van der Waals surface area contributed by atoms with Crippen molar-refractivity contribution in [1.82, 2.24) is 5.32 Å². The summed E-state index contributed by atoms with van der Waals surface area (Å²) in [5, 5.41) is 2.77. The molecule has 1 aliphatic rings. The molecule has 1 aliphatic carbocycles. The molecule has 0 aromatic heterocycles. The second kappa shape index (κ2) is 4.11. The molecular weight excluding hydrogens is 178 g/mol. The average molecular weight is 197 g/mol. The van der Waals surface area contributed by atoms with Crippen LogP contribution in [-0.4, -0.2) is 17.7 Å². The zero-order chi connectivity index (χ0) is 10.8. The van der Waals surface area contributed by atoms with Crippen molar-refractivity contribution in [3.8, 4) is 0 Å². The number of carbonyl (C=O) groups excluding carboxylic acids is 2. The molecule has 0 spiro atoms. The van der Waals surface area contributed by atoms with Gasteiger partial charge in [0.25, 0.3) is 0 Å². The molecule has 1 fully saturated rings. The monoisotopic (exact) mass is 197 g/mol. The number of ketones is 1. The van der Waals surface area contributed by atoms with E-state index in [1.165, 1.54) is 6.92 Å². The molecule has 3 nitrogen and oxygen atoms in total. The van der Waals surface area contributed by atoms with Crippen LogP contribution in [0.25, 0.3) is 0 Å². The number of Topliss-reactive ketones (excluding diaryl/α,β-unsaturated/α-hetero) is 1. The molecule has 0 aliphatic heterocycles. The summed E-state index contributed by atoms with van der Waals surface area (Å²) in [4.78, 5) is 22.8. The van der Waals surface area contributed by atoms with Crippen LogP contribution >= 0.6 is 0 Å². The van der Waals surface area contributed by atoms with Gasteiger partial charge in [-0.1, -0.05) is 19.8 Å². The van der Waals surface area contributed by atoms with Crippen LogP contribution < -0.4 is 5.32 Å². The van der Waals surface area contributed by atoms with Crippen LogP contribution in [0.4, 0.5) is 0 Å². The number of nitrogens with one attached hydrogen (secondary N) is 1. The average Bonchev–Trinajstić information content (AvgIpc) is 2.53. The molecule has 0 radical (unpaired) electrons. The second-order valence-corrected chi connectivity index (χ2v) is 4.57. The van der Waals surface area contributed by atoms with E-state index in [-0.39, 0.29) is 23.1 Å². The summed E-state index contributed by atoms with van der Waals surface area (Å²) in [6.45, 7) is 5.22. The van der Waals surface area contributed by atoms with Gasteiger partial charge < -0.3 is 5.32 Å². The smallest absolute Gasteiger partial charge is 0.226 e. The van der Waals surface area contributed by atoms with Crippen LogP contribution in [0.2, 0.25) is 0 Å². The van der Waals surface area contributed by atoms with Gasteiger partial charge in [0.1, 0.15) is 0 Å². The zero-order valence-corrected chi connectivity index (χ0v) is 9.22. The van der Waals surface area contributed by atoms with E-state index < -0.39 is 0 Å². The summed E-state index contributed by atoms with van der Waals surface area (Å²) in [6, 6.07) is -0.347. The fraction of sp³-hybridized carbons (Fsp3) is 0.818. The molecule has 0 bridgehead atoms. The van der Waals surface area contributed by atoms with Crippen molar-refractivity contribution < 1.29 is 9.59 Å². The Balaban J connectivity index is 2.53. The van der Waals surface area contributed by atoms with E-state index in [0.717, 1.165) is 25.7 Å². The molecule has 1 saturated carbocycles. The van der Waals surface area contributed by atoms with E-state index in [1.54, 1.807) is 6.92 Å². The van der Waals surface area contributed by atoms with Crippen LogP contribution in [0.1, 0.15) is 46.5 Å². The number of amides is 1. The molecule has 3 heteroatoms. The largest absolute Gasteiger partial charge is 0.346 e. The Morgan fingerprint density at radius 2 is 1.79 bits per heavy atom. The highest BCUT2D eigenvalue weighted by Gasteiger charge is 2.36. The van der Waals surface area contributed by atoms with Gasteiger partial charge in [0.15, 0.2) is 5.78 Å². The second-order valence-electron chi connectivity index (χ2n) is 4.57. The first-order valence-electron chi connectivity index (χ1n) is 5.27. The SMILES string of the molecule is CC(=O)C(C)NC(=O)C1(C)CCCC1. The Bertz CT molecular complexity index is 242. The molecule has 14 heavy (non-hydrogen) atoms. The van der Waals surface area contributed by atoms with E-state index in [0.29, 0.717) is 0 Å². The predicted octanol–water partition coefficient (Wildman–Crippen LogP) is 1.66. The third-order valence-corrected chi connectivity index (χ3v) is 3.21. The molecule has 0 heterocycles. The summed E-state index contributed by atoms with van der Waals surface area (Å²) in [5.41, 5.74) is -0.232. The van der Waals surface area contributed by atoms with Crippen molar-refractivity contribution >= 4 is 11.7 Å². The highest BCUT2D eigenvalue weighted by atomic mass is 16.2. The Kier molecular flexibility index (Phi) is 3.29. The van der Waals surface area contributed by atoms with Gasteiger partial charge >= 0.3 is 0 Å². The molecule has 1 unspecified atom stereocenters. The molecule has 0 aromatic carbocycles. The number of carbonyl (C=O) groups is 2. The lowest BCUT2D eigenvalue weighted by atomic mass is 9.87. The van der Waals surface area contributed by atoms with Crippen LogP contribution in [-0.2, 0) is 9.59 Å². The zero-order valence-electron chi connectivity index (χ0n) is 9.22. The van der Waals surface area contributed by atoms with Gasteiger partial charge in [0.2, 0.25) is 5.91 Å². The van der Waals surface area contributed by atoms with Crippen LogP contribution in [0, 0.1) is 5.41 Å². The van der Waals surface area contributed by atoms with Crippen LogP contribution in [0.3, 0.4) is 0 Å². The molecule has 0 aromatic rings. The Morgan fingerprint density at radius 1 is 1.29 bits per heavy atom. The van der Waals surface area contributed by atoms with Crippen molar-refractivity contribution in [2.45, 2.75) is 52.5 Å². The lowest BCUT2D eigenvalue weighted by Gasteiger charge is -2.24. The minimum atomic E-state index is -0.347. The van der Waals surface area contributed by atoms with Gasteiger partial charge in [0.05, 0.1) is 6.04 Å². The molecule has 1 rings (SSSR count). The molecule has 1 amide bonds. The first-order valence-corrected chi connectivity index (χ1v) is 5.27. The topological polar surface area (TPSA) is 46.2 Å². The van der Waals surface area contributed by atoms with Crippen molar-refractivity contribution in [3.63, 3.8) is 0 Å². The summed E-state index contributed by atoms with van der Waals surface area (Å²) in [5.74, 6) is 0.0534. The Hall–Kier alpha value is -0.860. The lowest BCUT2D eigenvalue weighted by molar-refractivity contribution is -0.133. The van der Waals surface area contributed by atoms with Crippen LogP contribution in [0.5, 0.6) is 0 Å². The Morgan fingerprint density at radius 3 is 2.21 bits per heavy atom. The van der Waals surface area contributed by atoms with E-state index >= 15 is 0 Å². The van der Waals surface area contributed by atoms with Gasteiger partial charge in [-0.05, 0) is 26.7 Å². The molecule has 0 saturated heterocycles. The normalized spacial score (nSPS) is 21.6. The minimum absolute atomic E-state index is 0.0138. The Labute approximate surface area is 85.3 Å². The van der Waals surface area contributed by atoms with Gasteiger partial charge in [-0.3, -0.25) is 9.59 Å². The molecular formula is C11H19NO2. The summed E-state index contributed by atoms with van der Waals surface area (Å²) >= 11 is 0. The standard InChI is InChI=1S/C11H19NO2/c1-8(9(2)13)12-10(14)11(3)6-4-5-7-11/h8H,4-7H2,1-3H3,(H,12,14). The quantitative estimate of drug-likeness (QED) is 0.748. The first kappa shape index (κ1) is 11.2. The summed E-state index contributed by atoms with van der Waals surface area (Å²) in [6.07, 6.45) is 4.14. The summed E-state index contributed by atoms with van der Waals surface area (Å²) < 4.78 is 0. The molecule has 1 N–H and O–H groups in total. The van der Waals surface area contributed by atoms with Gasteiger partial charge in [0, 0.05) is 5.41 Å². The predicted molar refractivity (Wildman–Crippen MR) is 54.9 cm³/mol. The van der Waals surface area contributed by atoms with Crippen molar-refractivity contribution in [2.24, 2.45) is 5.41 Å². The van der Waals surface area contributed by atoms with Crippen LogP contribution in [0.15, 0.2) is 0 Å². The third-order valence-electron chi connectivity index (χ3n) is 3.21. The van der Waals surface area contributed by atoms with Crippen molar-refractivity contribution in [3.05, 3.63) is 0 Å². The van der Waals surface area contributed by atoms with Gasteiger partial charge in [-0.2, -0.15) is 0 Å². The van der Waals surface area contributed by atoms with Crippen molar-refractivity contribution in [2.75, 3.05) is 0 Å². The fourth-order valence-corrected chi connectivity index (χ4v) is 1.85. The number of hydrogen-bond donors (Lipinski definition) is 1. The maximum atomic E-state index is 11.8. The van der Waals surface area contributed by atoms with E-state index in [9.17, 15) is 9.59 Å². The number of rotatable bonds is 3. The third kappa shape index (κ3) is 2.34. The van der Waals surface area contributed by atoms with Gasteiger partial charge in [-0.25, -0.2) is 0 Å². The molecule has 1 atom stereocenters. The van der Waals surface area contributed by atoms with E-state index in [1.807, 2.05) is 6.92 Å². The van der Waals surface area contributed by atoms with E-state index in [4.69, 9.17) is 0 Å². The maximum Gasteiger partial charge on any atom is 0.226 e. The van der Waals surface area contributed by atoms with Gasteiger partial charge in [-0.15, -0.1) is 0 Å². The fourth-order valence-electron chi connectivity index (χ4n) is 1.85. The van der Waals surface area contributed by atoms with Crippen molar-refractivity contribution in [1.29, 1.82) is 0 Å².